The second-order valence-corrected chi connectivity index (χ2v) is 8.07. The largest absolute Gasteiger partial charge is 0.423 e. The number of nitrogens with one attached hydrogen (secondary N) is 2. The van der Waals surface area contributed by atoms with Crippen LogP contribution < -0.4 is 5.32 Å². The Morgan fingerprint density at radius 3 is 2.97 bits per heavy atom. The number of nitrogens with zero attached hydrogens (tertiary/aromatic N) is 6. The zero-order valence-electron chi connectivity index (χ0n) is 16.6. The van der Waals surface area contributed by atoms with Crippen molar-refractivity contribution in [3.63, 3.8) is 0 Å². The molecule has 2 aromatic heterocycles. The van der Waals surface area contributed by atoms with E-state index < -0.39 is 5.54 Å². The lowest BCUT2D eigenvalue weighted by Crippen LogP contribution is -2.70. The van der Waals surface area contributed by atoms with Crippen LogP contribution in [0.2, 0.25) is 0 Å². The minimum atomic E-state index is -0.561. The van der Waals surface area contributed by atoms with Crippen molar-refractivity contribution in [2.75, 3.05) is 5.32 Å². The van der Waals surface area contributed by atoms with E-state index in [-0.39, 0.29) is 12.1 Å². The highest BCUT2D eigenvalue weighted by Crippen LogP contribution is 2.55. The van der Waals surface area contributed by atoms with Crippen LogP contribution >= 0.6 is 0 Å². The van der Waals surface area contributed by atoms with Crippen molar-refractivity contribution in [2.45, 2.75) is 44.7 Å². The standard InChI is InChI=1S/C20H20N8O2/c1-11-5-15-8-20(7-11,18-27-25-12(2)30-18)28(15)19(29)24-14-4-3-13(9-21)16(6-14)17-22-10-23-26-17/h3-4,6,10-11,15H,5,7-8H2,1-2H3,(H,24,29)(H,22,23,26)/t11-,15+,20-/m0/s1. The number of amides is 2. The first-order valence-corrected chi connectivity index (χ1v) is 9.81. The van der Waals surface area contributed by atoms with Crippen molar-refractivity contribution < 1.29 is 9.21 Å². The van der Waals surface area contributed by atoms with Gasteiger partial charge in [-0.2, -0.15) is 10.4 Å². The highest BCUT2D eigenvalue weighted by atomic mass is 16.4. The van der Waals surface area contributed by atoms with E-state index in [1.165, 1.54) is 6.33 Å². The number of anilines is 1. The molecule has 1 saturated heterocycles. The second kappa shape index (κ2) is 6.66. The Balaban J connectivity index is 1.44. The molecule has 0 radical (unpaired) electrons. The number of piperidine rings is 1. The smallest absolute Gasteiger partial charge is 0.323 e. The fourth-order valence-electron chi connectivity index (χ4n) is 4.87. The molecule has 10 nitrogen and oxygen atoms in total. The number of carbonyl (C=O) groups excluding carboxylic acids is 1. The van der Waals surface area contributed by atoms with Gasteiger partial charge in [-0.05, 0) is 37.0 Å². The molecule has 2 fully saturated rings. The van der Waals surface area contributed by atoms with Gasteiger partial charge >= 0.3 is 6.03 Å². The Bertz CT molecular complexity index is 1150. The molecular weight excluding hydrogens is 384 g/mol. The van der Waals surface area contributed by atoms with Crippen molar-refractivity contribution in [2.24, 2.45) is 5.92 Å². The summed E-state index contributed by atoms with van der Waals surface area (Å²) in [4.78, 5) is 19.2. The summed E-state index contributed by atoms with van der Waals surface area (Å²) < 4.78 is 5.74. The van der Waals surface area contributed by atoms with Gasteiger partial charge in [-0.1, -0.05) is 6.92 Å². The molecule has 2 N–H and O–H groups in total. The van der Waals surface area contributed by atoms with Crippen LogP contribution in [0.3, 0.4) is 0 Å². The van der Waals surface area contributed by atoms with Gasteiger partial charge in [0.15, 0.2) is 5.82 Å². The quantitative estimate of drug-likeness (QED) is 0.684. The number of H-pyrrole nitrogens is 1. The lowest BCUT2D eigenvalue weighted by Gasteiger charge is -2.61. The molecular formula is C20H20N8O2. The molecule has 152 valence electrons. The molecule has 3 atom stereocenters. The van der Waals surface area contributed by atoms with Crippen molar-refractivity contribution >= 4 is 11.7 Å². The lowest BCUT2D eigenvalue weighted by molar-refractivity contribution is -0.110. The van der Waals surface area contributed by atoms with Crippen LogP contribution in [-0.4, -0.2) is 42.4 Å². The minimum absolute atomic E-state index is 0.132. The number of likely N-dealkylation sites (tertiary alicyclic amines) is 1. The van der Waals surface area contributed by atoms with Crippen molar-refractivity contribution in [1.82, 2.24) is 30.3 Å². The third-order valence-electron chi connectivity index (χ3n) is 5.96. The average Bonchev–Trinajstić information content (AvgIpc) is 3.39. The van der Waals surface area contributed by atoms with E-state index in [1.807, 2.05) is 4.90 Å². The summed E-state index contributed by atoms with van der Waals surface area (Å²) in [6.07, 6.45) is 3.93. The summed E-state index contributed by atoms with van der Waals surface area (Å²) in [6, 6.07) is 7.13. The third kappa shape index (κ3) is 2.74. The first-order valence-electron chi connectivity index (χ1n) is 9.81. The molecule has 0 spiro atoms. The molecule has 1 aliphatic carbocycles. The molecule has 2 amide bonds. The van der Waals surface area contributed by atoms with Crippen molar-refractivity contribution in [3.05, 3.63) is 41.9 Å². The number of aromatic amines is 1. The first-order chi connectivity index (χ1) is 14.5. The molecule has 30 heavy (non-hydrogen) atoms. The molecule has 3 aromatic rings. The van der Waals surface area contributed by atoms with Crippen LogP contribution in [0, 0.1) is 24.2 Å². The van der Waals surface area contributed by atoms with Gasteiger partial charge in [-0.15, -0.1) is 10.2 Å². The summed E-state index contributed by atoms with van der Waals surface area (Å²) in [5, 5.41) is 27.2. The Morgan fingerprint density at radius 2 is 2.27 bits per heavy atom. The number of nitriles is 1. The van der Waals surface area contributed by atoms with Gasteiger partial charge in [0.05, 0.1) is 11.6 Å². The summed E-state index contributed by atoms with van der Waals surface area (Å²) in [5.74, 6) is 1.92. The molecule has 3 heterocycles. The van der Waals surface area contributed by atoms with E-state index in [4.69, 9.17) is 4.42 Å². The Labute approximate surface area is 172 Å². The highest BCUT2D eigenvalue weighted by molar-refractivity contribution is 5.92. The van der Waals surface area contributed by atoms with Crippen LogP contribution in [0.5, 0.6) is 0 Å². The number of hydrogen-bond acceptors (Lipinski definition) is 7. The maximum atomic E-state index is 13.3. The maximum absolute atomic E-state index is 13.3. The van der Waals surface area contributed by atoms with Crippen LogP contribution in [-0.2, 0) is 5.54 Å². The van der Waals surface area contributed by atoms with E-state index in [2.05, 4.69) is 43.7 Å². The number of aromatic nitrogens is 5. The Hall–Kier alpha value is -3.74. The van der Waals surface area contributed by atoms with Crippen molar-refractivity contribution in [3.8, 4) is 17.5 Å². The van der Waals surface area contributed by atoms with E-state index in [1.54, 1.807) is 25.1 Å². The number of aryl methyl sites for hydroxylation is 1. The summed E-state index contributed by atoms with van der Waals surface area (Å²) in [7, 11) is 0. The number of carbonyl (C=O) groups is 1. The van der Waals surface area contributed by atoms with E-state index in [9.17, 15) is 10.1 Å². The fourth-order valence-corrected chi connectivity index (χ4v) is 4.87. The normalized spacial score (nSPS) is 24.8. The number of urea groups is 1. The molecule has 1 aromatic carbocycles. The van der Waals surface area contributed by atoms with Crippen LogP contribution in [0.15, 0.2) is 28.9 Å². The first kappa shape index (κ1) is 18.3. The fraction of sp³-hybridized carbons (Fsp3) is 0.400. The molecule has 10 heteroatoms. The Kier molecular flexibility index (Phi) is 4.06. The van der Waals surface area contributed by atoms with E-state index >= 15 is 0 Å². The number of rotatable bonds is 3. The highest BCUT2D eigenvalue weighted by Gasteiger charge is 2.62. The molecule has 2 aliphatic rings. The lowest BCUT2D eigenvalue weighted by atomic mass is 9.64. The molecule has 2 bridgehead atoms. The van der Waals surface area contributed by atoms with Gasteiger partial charge in [-0.3, -0.25) is 5.10 Å². The van der Waals surface area contributed by atoms with E-state index in [0.29, 0.717) is 40.3 Å². The SMILES string of the molecule is Cc1nnc([C@]23C[C@@H](C)C[C@H](C2)N3C(=O)Nc2ccc(C#N)c(-c3ncn[nH]3)c2)o1. The summed E-state index contributed by atoms with van der Waals surface area (Å²) in [5.41, 5.74) is 1.03. The van der Waals surface area contributed by atoms with Crippen LogP contribution in [0.25, 0.3) is 11.4 Å². The average molecular weight is 404 g/mol. The monoisotopic (exact) mass is 404 g/mol. The van der Waals surface area contributed by atoms with Gasteiger partial charge in [-0.25, -0.2) is 9.78 Å². The molecule has 1 saturated carbocycles. The predicted octanol–water partition coefficient (Wildman–Crippen LogP) is 2.97. The van der Waals surface area contributed by atoms with Gasteiger partial charge in [0.2, 0.25) is 11.8 Å². The summed E-state index contributed by atoms with van der Waals surface area (Å²) in [6.45, 7) is 3.94. The van der Waals surface area contributed by atoms with Crippen molar-refractivity contribution in [1.29, 1.82) is 5.26 Å². The summed E-state index contributed by atoms with van der Waals surface area (Å²) >= 11 is 0. The molecule has 0 unspecified atom stereocenters. The van der Waals surface area contributed by atoms with Gasteiger partial charge < -0.3 is 14.6 Å². The zero-order valence-corrected chi connectivity index (χ0v) is 16.6. The Morgan fingerprint density at radius 1 is 1.40 bits per heavy atom. The zero-order chi connectivity index (χ0) is 20.9. The van der Waals surface area contributed by atoms with Gasteiger partial charge in [0.1, 0.15) is 11.9 Å². The second-order valence-electron chi connectivity index (χ2n) is 8.07. The van der Waals surface area contributed by atoms with Gasteiger partial charge in [0.25, 0.3) is 0 Å². The number of hydrogen-bond donors (Lipinski definition) is 2. The minimum Gasteiger partial charge on any atom is -0.423 e. The topological polar surface area (TPSA) is 137 Å². The maximum Gasteiger partial charge on any atom is 0.323 e. The molecule has 1 aliphatic heterocycles. The van der Waals surface area contributed by atoms with Crippen LogP contribution in [0.4, 0.5) is 10.5 Å². The molecule has 5 rings (SSSR count). The predicted molar refractivity (Wildman–Crippen MR) is 105 cm³/mol. The number of fused-ring (bicyclic) bond motifs is 2. The van der Waals surface area contributed by atoms with Crippen LogP contribution in [0.1, 0.15) is 43.5 Å². The van der Waals surface area contributed by atoms with Gasteiger partial charge in [0, 0.05) is 30.6 Å². The van der Waals surface area contributed by atoms with E-state index in [0.717, 1.165) is 19.3 Å². The third-order valence-corrected chi connectivity index (χ3v) is 5.96. The number of benzene rings is 1.